The summed E-state index contributed by atoms with van der Waals surface area (Å²) in [6, 6.07) is 6.69. The Hall–Kier alpha value is -1.64. The maximum Gasteiger partial charge on any atom is 0.309 e. The van der Waals surface area contributed by atoms with Crippen LogP contribution in [0.2, 0.25) is 0 Å². The molecule has 1 amide bonds. The average molecular weight is 391 g/mol. The first-order valence-corrected chi connectivity index (χ1v) is 9.55. The standard InChI is InChI=1S/C16H22N2O5S.ClH/c1-23-14(19)11-12-3-5-13(6-4-12)18-15(20)16(24(2,21)22)7-9-17-10-8-16;/h3-6,17H,7-11H2,1-2H3,(H,18,20);1H. The van der Waals surface area contributed by atoms with E-state index in [1.54, 1.807) is 24.3 Å². The summed E-state index contributed by atoms with van der Waals surface area (Å²) in [6.45, 7) is 0.969. The van der Waals surface area contributed by atoms with Gasteiger partial charge in [0.05, 0.1) is 13.5 Å². The summed E-state index contributed by atoms with van der Waals surface area (Å²) in [4.78, 5) is 23.9. The number of halogens is 1. The minimum atomic E-state index is -3.55. The van der Waals surface area contributed by atoms with Crippen LogP contribution in [0.5, 0.6) is 0 Å². The lowest BCUT2D eigenvalue weighted by molar-refractivity contribution is -0.139. The van der Waals surface area contributed by atoms with Crippen molar-refractivity contribution in [2.24, 2.45) is 0 Å². The Morgan fingerprint density at radius 3 is 2.24 bits per heavy atom. The van der Waals surface area contributed by atoms with E-state index in [1.165, 1.54) is 7.11 Å². The zero-order valence-electron chi connectivity index (χ0n) is 14.2. The van der Waals surface area contributed by atoms with Crippen LogP contribution in [0.3, 0.4) is 0 Å². The van der Waals surface area contributed by atoms with Crippen LogP contribution in [0.15, 0.2) is 24.3 Å². The first-order chi connectivity index (χ1) is 11.3. The zero-order chi connectivity index (χ0) is 17.8. The molecule has 1 aromatic carbocycles. The van der Waals surface area contributed by atoms with Gasteiger partial charge >= 0.3 is 5.97 Å². The van der Waals surface area contributed by atoms with E-state index in [-0.39, 0.29) is 37.6 Å². The normalized spacial score (nSPS) is 16.4. The van der Waals surface area contributed by atoms with Gasteiger partial charge in [-0.05, 0) is 43.6 Å². The third-order valence-electron chi connectivity index (χ3n) is 4.32. The monoisotopic (exact) mass is 390 g/mol. The lowest BCUT2D eigenvalue weighted by Crippen LogP contribution is -2.55. The lowest BCUT2D eigenvalue weighted by Gasteiger charge is -2.34. The first-order valence-electron chi connectivity index (χ1n) is 7.66. The van der Waals surface area contributed by atoms with Crippen LogP contribution in [0.1, 0.15) is 18.4 Å². The Morgan fingerprint density at radius 2 is 1.76 bits per heavy atom. The lowest BCUT2D eigenvalue weighted by atomic mass is 9.95. The number of benzene rings is 1. The van der Waals surface area contributed by atoms with E-state index < -0.39 is 20.5 Å². The first kappa shape index (κ1) is 21.4. The average Bonchev–Trinajstić information content (AvgIpc) is 2.56. The molecular formula is C16H23ClN2O5S. The highest BCUT2D eigenvalue weighted by atomic mass is 35.5. The van der Waals surface area contributed by atoms with Gasteiger partial charge in [-0.15, -0.1) is 12.4 Å². The van der Waals surface area contributed by atoms with Crippen molar-refractivity contribution in [2.45, 2.75) is 24.0 Å². The van der Waals surface area contributed by atoms with Gasteiger partial charge in [-0.3, -0.25) is 9.59 Å². The number of amides is 1. The summed E-state index contributed by atoms with van der Waals surface area (Å²) >= 11 is 0. The number of hydrogen-bond acceptors (Lipinski definition) is 6. The van der Waals surface area contributed by atoms with Gasteiger partial charge in [0.25, 0.3) is 0 Å². The van der Waals surface area contributed by atoms with Crippen LogP contribution < -0.4 is 10.6 Å². The van der Waals surface area contributed by atoms with E-state index in [4.69, 9.17) is 0 Å². The van der Waals surface area contributed by atoms with Crippen molar-refractivity contribution in [2.75, 3.05) is 31.8 Å². The van der Waals surface area contributed by atoms with Crippen molar-refractivity contribution in [3.05, 3.63) is 29.8 Å². The van der Waals surface area contributed by atoms with E-state index in [0.29, 0.717) is 18.8 Å². The smallest absolute Gasteiger partial charge is 0.309 e. The van der Waals surface area contributed by atoms with E-state index in [1.807, 2.05) is 0 Å². The summed E-state index contributed by atoms with van der Waals surface area (Å²) in [5, 5.41) is 5.76. The molecule has 0 bridgehead atoms. The van der Waals surface area contributed by atoms with E-state index >= 15 is 0 Å². The number of nitrogens with one attached hydrogen (secondary N) is 2. The molecule has 2 rings (SSSR count). The largest absolute Gasteiger partial charge is 0.469 e. The molecule has 0 unspecified atom stereocenters. The predicted molar refractivity (Wildman–Crippen MR) is 97.7 cm³/mol. The molecule has 1 heterocycles. The number of ether oxygens (including phenoxy) is 1. The molecule has 0 spiro atoms. The van der Waals surface area contributed by atoms with Gasteiger partial charge in [0.1, 0.15) is 0 Å². The van der Waals surface area contributed by atoms with Crippen molar-refractivity contribution in [3.8, 4) is 0 Å². The van der Waals surface area contributed by atoms with Gasteiger partial charge in [-0.2, -0.15) is 0 Å². The Kier molecular flexibility index (Phi) is 7.40. The van der Waals surface area contributed by atoms with Crippen LogP contribution >= 0.6 is 12.4 Å². The summed E-state index contributed by atoms with van der Waals surface area (Å²) in [5.41, 5.74) is 1.25. The topological polar surface area (TPSA) is 102 Å². The summed E-state index contributed by atoms with van der Waals surface area (Å²) in [6.07, 6.45) is 1.75. The number of anilines is 1. The number of carbonyl (C=O) groups excluding carboxylic acids is 2. The highest BCUT2D eigenvalue weighted by Crippen LogP contribution is 2.29. The third-order valence-corrected chi connectivity index (χ3v) is 6.34. The maximum absolute atomic E-state index is 12.7. The number of methoxy groups -OCH3 is 1. The van der Waals surface area contributed by atoms with E-state index in [0.717, 1.165) is 11.8 Å². The second-order valence-corrected chi connectivity index (χ2v) is 8.25. The van der Waals surface area contributed by atoms with Gasteiger partial charge in [-0.1, -0.05) is 12.1 Å². The molecule has 7 nitrogen and oxygen atoms in total. The number of sulfone groups is 1. The summed E-state index contributed by atoms with van der Waals surface area (Å²) in [5.74, 6) is -0.857. The van der Waals surface area contributed by atoms with Crippen molar-refractivity contribution in [1.29, 1.82) is 0 Å². The number of piperidine rings is 1. The second-order valence-electron chi connectivity index (χ2n) is 5.92. The Morgan fingerprint density at radius 1 is 1.20 bits per heavy atom. The summed E-state index contributed by atoms with van der Waals surface area (Å²) in [7, 11) is -2.23. The molecule has 140 valence electrons. The van der Waals surface area contributed by atoms with Crippen LogP contribution in [0, 0.1) is 0 Å². The van der Waals surface area contributed by atoms with Crippen molar-refractivity contribution < 1.29 is 22.7 Å². The SMILES string of the molecule is COC(=O)Cc1ccc(NC(=O)C2(S(C)(=O)=O)CCNCC2)cc1.Cl. The summed E-state index contributed by atoms with van der Waals surface area (Å²) < 4.78 is 27.6. The number of esters is 1. The van der Waals surface area contributed by atoms with Gasteiger partial charge in [0.15, 0.2) is 14.6 Å². The fourth-order valence-electron chi connectivity index (χ4n) is 2.79. The molecule has 1 aliphatic rings. The molecule has 1 fully saturated rings. The molecule has 2 N–H and O–H groups in total. The molecule has 0 saturated carbocycles. The maximum atomic E-state index is 12.7. The molecule has 1 aromatic rings. The molecule has 0 aliphatic carbocycles. The van der Waals surface area contributed by atoms with Crippen LogP contribution in [0.4, 0.5) is 5.69 Å². The molecular weight excluding hydrogens is 368 g/mol. The second kappa shape index (κ2) is 8.64. The third kappa shape index (κ3) is 4.93. The number of carbonyl (C=O) groups is 2. The minimum Gasteiger partial charge on any atom is -0.469 e. The fraction of sp³-hybridized carbons (Fsp3) is 0.500. The zero-order valence-corrected chi connectivity index (χ0v) is 15.8. The highest BCUT2D eigenvalue weighted by molar-refractivity contribution is 7.92. The van der Waals surface area contributed by atoms with E-state index in [9.17, 15) is 18.0 Å². The van der Waals surface area contributed by atoms with Crippen LogP contribution in [-0.4, -0.2) is 51.5 Å². The van der Waals surface area contributed by atoms with Crippen molar-refractivity contribution in [3.63, 3.8) is 0 Å². The number of hydrogen-bond donors (Lipinski definition) is 2. The van der Waals surface area contributed by atoms with Crippen LogP contribution in [0.25, 0.3) is 0 Å². The molecule has 9 heteroatoms. The molecule has 1 saturated heterocycles. The van der Waals surface area contributed by atoms with Crippen LogP contribution in [-0.2, 0) is 30.6 Å². The molecule has 0 radical (unpaired) electrons. The van der Waals surface area contributed by atoms with Gasteiger partial charge in [-0.25, -0.2) is 8.42 Å². The molecule has 25 heavy (non-hydrogen) atoms. The Bertz CT molecular complexity index is 713. The Balaban J connectivity index is 0.00000312. The quantitative estimate of drug-likeness (QED) is 0.725. The van der Waals surface area contributed by atoms with Gasteiger partial charge < -0.3 is 15.4 Å². The van der Waals surface area contributed by atoms with E-state index in [2.05, 4.69) is 15.4 Å². The predicted octanol–water partition coefficient (Wildman–Crippen LogP) is 0.929. The van der Waals surface area contributed by atoms with Gasteiger partial charge in [0, 0.05) is 11.9 Å². The number of rotatable bonds is 5. The Labute approximate surface area is 153 Å². The molecule has 1 aliphatic heterocycles. The van der Waals surface area contributed by atoms with Crippen molar-refractivity contribution in [1.82, 2.24) is 5.32 Å². The minimum absolute atomic E-state index is 0. The fourth-order valence-corrected chi connectivity index (χ4v) is 4.12. The van der Waals surface area contributed by atoms with Crippen molar-refractivity contribution >= 4 is 39.8 Å². The van der Waals surface area contributed by atoms with Gasteiger partial charge in [0.2, 0.25) is 5.91 Å². The molecule has 0 atom stereocenters. The molecule has 0 aromatic heterocycles. The highest BCUT2D eigenvalue weighted by Gasteiger charge is 2.48.